The van der Waals surface area contributed by atoms with Crippen molar-refractivity contribution in [1.29, 1.82) is 0 Å². The summed E-state index contributed by atoms with van der Waals surface area (Å²) in [6.07, 6.45) is 0.826. The van der Waals surface area contributed by atoms with E-state index in [2.05, 4.69) is 12.1 Å². The van der Waals surface area contributed by atoms with Gasteiger partial charge in [0.2, 0.25) is 0 Å². The third kappa shape index (κ3) is 1.87. The van der Waals surface area contributed by atoms with Crippen LogP contribution in [0.5, 0.6) is 11.5 Å². The Hall–Kier alpha value is -2.00. The average Bonchev–Trinajstić information content (AvgIpc) is 2.46. The summed E-state index contributed by atoms with van der Waals surface area (Å²) in [5.74, 6) is 1.51. The molecule has 1 unspecified atom stereocenters. The molecule has 0 heterocycles. The predicted octanol–water partition coefficient (Wildman–Crippen LogP) is 2.93. The Morgan fingerprint density at radius 3 is 2.42 bits per heavy atom. The molecule has 2 aromatic rings. The van der Waals surface area contributed by atoms with Crippen molar-refractivity contribution >= 4 is 0 Å². The third-order valence-corrected chi connectivity index (χ3v) is 3.70. The van der Waals surface area contributed by atoms with E-state index in [0.717, 1.165) is 17.9 Å². The smallest absolute Gasteiger partial charge is 0.161 e. The zero-order valence-corrected chi connectivity index (χ0v) is 11.1. The van der Waals surface area contributed by atoms with Crippen LogP contribution in [-0.4, -0.2) is 14.2 Å². The minimum Gasteiger partial charge on any atom is -0.493 e. The van der Waals surface area contributed by atoms with E-state index in [1.807, 2.05) is 24.3 Å². The van der Waals surface area contributed by atoms with Crippen molar-refractivity contribution in [2.24, 2.45) is 5.73 Å². The molecular weight excluding hydrogens is 238 g/mol. The molecule has 0 fully saturated rings. The quantitative estimate of drug-likeness (QED) is 0.897. The van der Waals surface area contributed by atoms with E-state index >= 15 is 0 Å². The van der Waals surface area contributed by atoms with Gasteiger partial charge in [0.05, 0.1) is 14.2 Å². The molecule has 98 valence electrons. The van der Waals surface area contributed by atoms with Crippen molar-refractivity contribution < 1.29 is 9.47 Å². The Kier molecular flexibility index (Phi) is 2.91. The van der Waals surface area contributed by atoms with E-state index < -0.39 is 0 Å². The first-order valence-electron chi connectivity index (χ1n) is 6.34. The highest BCUT2D eigenvalue weighted by Gasteiger charge is 2.23. The second kappa shape index (κ2) is 4.59. The lowest BCUT2D eigenvalue weighted by Crippen LogP contribution is -2.19. The van der Waals surface area contributed by atoms with Crippen LogP contribution in [0.2, 0.25) is 0 Å². The Morgan fingerprint density at radius 1 is 1.00 bits per heavy atom. The standard InChI is InChI=1S/C16H17NO2/c1-18-15-8-10-7-14(17)12-6-4-3-5-11(12)13(10)9-16(15)19-2/h3-6,8-9,14H,7,17H2,1-2H3. The van der Waals surface area contributed by atoms with Crippen molar-refractivity contribution in [3.63, 3.8) is 0 Å². The van der Waals surface area contributed by atoms with Crippen LogP contribution < -0.4 is 15.2 Å². The zero-order chi connectivity index (χ0) is 13.4. The second-order valence-electron chi connectivity index (χ2n) is 4.76. The fourth-order valence-corrected chi connectivity index (χ4v) is 2.75. The highest BCUT2D eigenvalue weighted by molar-refractivity contribution is 5.76. The van der Waals surface area contributed by atoms with Crippen LogP contribution in [0, 0.1) is 0 Å². The number of rotatable bonds is 2. The van der Waals surface area contributed by atoms with Gasteiger partial charge in [-0.2, -0.15) is 0 Å². The van der Waals surface area contributed by atoms with Gasteiger partial charge in [0, 0.05) is 6.04 Å². The lowest BCUT2D eigenvalue weighted by atomic mass is 9.82. The van der Waals surface area contributed by atoms with E-state index in [1.54, 1.807) is 14.2 Å². The van der Waals surface area contributed by atoms with E-state index in [-0.39, 0.29) is 6.04 Å². The molecule has 19 heavy (non-hydrogen) atoms. The molecular formula is C16H17NO2. The first-order valence-corrected chi connectivity index (χ1v) is 6.34. The van der Waals surface area contributed by atoms with Gasteiger partial charge in [0.15, 0.2) is 11.5 Å². The monoisotopic (exact) mass is 255 g/mol. The number of hydrogen-bond donors (Lipinski definition) is 1. The van der Waals surface area contributed by atoms with Gasteiger partial charge in [-0.25, -0.2) is 0 Å². The number of nitrogens with two attached hydrogens (primary N) is 1. The van der Waals surface area contributed by atoms with Gasteiger partial charge >= 0.3 is 0 Å². The number of fused-ring (bicyclic) bond motifs is 3. The molecule has 0 radical (unpaired) electrons. The molecule has 3 rings (SSSR count). The number of hydrogen-bond acceptors (Lipinski definition) is 3. The van der Waals surface area contributed by atoms with Crippen molar-refractivity contribution in [2.45, 2.75) is 12.5 Å². The lowest BCUT2D eigenvalue weighted by Gasteiger charge is -2.26. The maximum atomic E-state index is 6.25. The van der Waals surface area contributed by atoms with Gasteiger partial charge in [-0.3, -0.25) is 0 Å². The first kappa shape index (κ1) is 12.1. The Morgan fingerprint density at radius 2 is 1.68 bits per heavy atom. The van der Waals surface area contributed by atoms with Crippen LogP contribution in [0.1, 0.15) is 17.2 Å². The maximum Gasteiger partial charge on any atom is 0.161 e. The zero-order valence-electron chi connectivity index (χ0n) is 11.1. The van der Waals surface area contributed by atoms with Crippen molar-refractivity contribution in [1.82, 2.24) is 0 Å². The van der Waals surface area contributed by atoms with Gasteiger partial charge in [0.1, 0.15) is 0 Å². The predicted molar refractivity (Wildman–Crippen MR) is 75.6 cm³/mol. The van der Waals surface area contributed by atoms with Gasteiger partial charge in [-0.15, -0.1) is 0 Å². The summed E-state index contributed by atoms with van der Waals surface area (Å²) in [4.78, 5) is 0. The molecule has 0 saturated heterocycles. The third-order valence-electron chi connectivity index (χ3n) is 3.70. The van der Waals surface area contributed by atoms with Crippen LogP contribution in [-0.2, 0) is 6.42 Å². The minimum atomic E-state index is 0.0433. The number of ether oxygens (including phenoxy) is 2. The van der Waals surface area contributed by atoms with Crippen LogP contribution in [0.3, 0.4) is 0 Å². The molecule has 3 nitrogen and oxygen atoms in total. The summed E-state index contributed by atoms with van der Waals surface area (Å²) in [5.41, 5.74) is 11.0. The highest BCUT2D eigenvalue weighted by Crippen LogP contribution is 2.42. The van der Waals surface area contributed by atoms with Crippen LogP contribution in [0.4, 0.5) is 0 Å². The summed E-state index contributed by atoms with van der Waals surface area (Å²) < 4.78 is 10.7. The van der Waals surface area contributed by atoms with Crippen LogP contribution >= 0.6 is 0 Å². The SMILES string of the molecule is COc1cc2c(cc1OC)-c1ccccc1C(N)C2. The van der Waals surface area contributed by atoms with Gasteiger partial charge in [0.25, 0.3) is 0 Å². The topological polar surface area (TPSA) is 44.5 Å². The van der Waals surface area contributed by atoms with E-state index in [9.17, 15) is 0 Å². The summed E-state index contributed by atoms with van der Waals surface area (Å²) >= 11 is 0. The Bertz CT molecular complexity index is 622. The van der Waals surface area contributed by atoms with Gasteiger partial charge in [-0.1, -0.05) is 24.3 Å². The molecule has 2 N–H and O–H groups in total. The Balaban J connectivity index is 2.24. The van der Waals surface area contributed by atoms with Gasteiger partial charge < -0.3 is 15.2 Å². The first-order chi connectivity index (χ1) is 9.24. The molecule has 1 aliphatic rings. The Labute approximate surface area is 113 Å². The molecule has 2 aromatic carbocycles. The van der Waals surface area contributed by atoms with E-state index in [4.69, 9.17) is 15.2 Å². The second-order valence-corrected chi connectivity index (χ2v) is 4.76. The maximum absolute atomic E-state index is 6.25. The average molecular weight is 255 g/mol. The molecule has 1 aliphatic carbocycles. The van der Waals surface area contributed by atoms with Crippen LogP contribution in [0.15, 0.2) is 36.4 Å². The molecule has 0 saturated carbocycles. The highest BCUT2D eigenvalue weighted by atomic mass is 16.5. The lowest BCUT2D eigenvalue weighted by molar-refractivity contribution is 0.354. The molecule has 0 spiro atoms. The largest absolute Gasteiger partial charge is 0.493 e. The van der Waals surface area contributed by atoms with Crippen molar-refractivity contribution in [2.75, 3.05) is 14.2 Å². The number of methoxy groups -OCH3 is 2. The fourth-order valence-electron chi connectivity index (χ4n) is 2.75. The molecule has 0 aliphatic heterocycles. The molecule has 0 aromatic heterocycles. The molecule has 1 atom stereocenters. The minimum absolute atomic E-state index is 0.0433. The van der Waals surface area contributed by atoms with E-state index in [0.29, 0.717) is 0 Å². The normalized spacial score (nSPS) is 16.5. The summed E-state index contributed by atoms with van der Waals surface area (Å²) in [6, 6.07) is 12.4. The summed E-state index contributed by atoms with van der Waals surface area (Å²) in [7, 11) is 3.31. The van der Waals surface area contributed by atoms with Crippen molar-refractivity contribution in [3.8, 4) is 22.6 Å². The fraction of sp³-hybridized carbons (Fsp3) is 0.250. The number of benzene rings is 2. The molecule has 3 heteroatoms. The molecule has 0 amide bonds. The molecule has 0 bridgehead atoms. The van der Waals surface area contributed by atoms with Crippen LogP contribution in [0.25, 0.3) is 11.1 Å². The van der Waals surface area contributed by atoms with E-state index in [1.165, 1.54) is 22.3 Å². The summed E-state index contributed by atoms with van der Waals surface area (Å²) in [6.45, 7) is 0. The van der Waals surface area contributed by atoms with Gasteiger partial charge in [-0.05, 0) is 40.8 Å². The summed E-state index contributed by atoms with van der Waals surface area (Å²) in [5, 5.41) is 0. The van der Waals surface area contributed by atoms with Crippen molar-refractivity contribution in [3.05, 3.63) is 47.5 Å².